The topological polar surface area (TPSA) is 96.9 Å². The highest BCUT2D eigenvalue weighted by atomic mass is 16.4. The van der Waals surface area contributed by atoms with Crippen LogP contribution in [0.5, 0.6) is 0 Å². The lowest BCUT2D eigenvalue weighted by atomic mass is 10.1. The first-order valence-corrected chi connectivity index (χ1v) is 5.51. The molecule has 0 rings (SSSR count). The highest BCUT2D eigenvalue weighted by Gasteiger charge is 2.07. The predicted molar refractivity (Wildman–Crippen MR) is 62.0 cm³/mol. The van der Waals surface area contributed by atoms with Crippen molar-refractivity contribution in [2.45, 2.75) is 45.4 Å². The molecule has 0 aliphatic rings. The molecule has 96 valence electrons. The number of nitrogens with zero attached hydrogens (tertiary/aromatic N) is 1. The molecule has 1 amide bonds. The van der Waals surface area contributed by atoms with E-state index in [0.29, 0.717) is 6.42 Å². The van der Waals surface area contributed by atoms with Crippen molar-refractivity contribution >= 4 is 11.9 Å². The van der Waals surface area contributed by atoms with Crippen LogP contribution >= 0.6 is 0 Å². The number of rotatable bonds is 8. The molecule has 0 radical (unpaired) electrons. The molecule has 4 N–H and O–H groups in total. The number of likely N-dealkylation sites (N-methyl/N-ethyl adjacent to an activating group) is 1. The van der Waals surface area contributed by atoms with Gasteiger partial charge in [0.2, 0.25) is 5.91 Å². The summed E-state index contributed by atoms with van der Waals surface area (Å²) in [7, 11) is 1.49. The van der Waals surface area contributed by atoms with Crippen molar-refractivity contribution in [3.63, 3.8) is 0 Å². The van der Waals surface area contributed by atoms with Gasteiger partial charge >= 0.3 is 0 Å². The molecule has 0 fully saturated rings. The third-order valence-corrected chi connectivity index (χ3v) is 2.29. The van der Waals surface area contributed by atoms with Gasteiger partial charge in [0.15, 0.2) is 0 Å². The maximum Gasteiger partial charge on any atom is 0.222 e. The van der Waals surface area contributed by atoms with Crippen LogP contribution < -0.4 is 11.3 Å². The second kappa shape index (κ2) is 10.4. The lowest BCUT2D eigenvalue weighted by Gasteiger charge is -2.17. The fourth-order valence-corrected chi connectivity index (χ4v) is 1.35. The Morgan fingerprint density at radius 1 is 1.12 bits per heavy atom. The van der Waals surface area contributed by atoms with Gasteiger partial charge in [-0.05, 0) is 6.42 Å². The molecule has 0 spiro atoms. The van der Waals surface area contributed by atoms with E-state index in [9.17, 15) is 14.7 Å². The van der Waals surface area contributed by atoms with Crippen LogP contribution in [0.15, 0.2) is 0 Å². The molecule has 5 nitrogen and oxygen atoms in total. The van der Waals surface area contributed by atoms with Gasteiger partial charge in [-0.3, -0.25) is 4.79 Å². The van der Waals surface area contributed by atoms with E-state index in [1.165, 1.54) is 24.8 Å². The van der Waals surface area contributed by atoms with Crippen molar-refractivity contribution in [3.05, 3.63) is 0 Å². The van der Waals surface area contributed by atoms with Crippen molar-refractivity contribution in [2.24, 2.45) is 0 Å². The lowest BCUT2D eigenvalue weighted by molar-refractivity contribution is -0.305. The summed E-state index contributed by atoms with van der Waals surface area (Å²) in [5.74, 6) is -1.33. The van der Waals surface area contributed by atoms with Crippen molar-refractivity contribution < 1.29 is 14.7 Å². The molecule has 0 unspecified atom stereocenters. The lowest BCUT2D eigenvalue weighted by Crippen LogP contribution is -2.39. The van der Waals surface area contributed by atoms with E-state index in [0.717, 1.165) is 19.3 Å². The standard InChI is InChI=1S/C11H21NO3.H3N/c1-3-4-5-6-7-8-10(13)12(2)9-11(14)15;/h3-9H2,1-2H3,(H,14,15);1H3. The first-order valence-electron chi connectivity index (χ1n) is 5.51. The van der Waals surface area contributed by atoms with Gasteiger partial charge in [0, 0.05) is 13.5 Å². The Bertz CT molecular complexity index is 207. The molecule has 0 heterocycles. The molecule has 0 aliphatic carbocycles. The highest BCUT2D eigenvalue weighted by Crippen LogP contribution is 2.06. The number of carbonyl (C=O) groups is 2. The Hall–Kier alpha value is -1.10. The van der Waals surface area contributed by atoms with Crippen LogP contribution in [-0.2, 0) is 9.59 Å². The summed E-state index contributed by atoms with van der Waals surface area (Å²) >= 11 is 0. The number of carboxylic acid groups (broad SMARTS) is 1. The maximum absolute atomic E-state index is 11.3. The Balaban J connectivity index is 0. The summed E-state index contributed by atoms with van der Waals surface area (Å²) in [6.07, 6.45) is 5.85. The van der Waals surface area contributed by atoms with Crippen LogP contribution in [0.25, 0.3) is 0 Å². The molecular formula is C11H24N2O3. The van der Waals surface area contributed by atoms with E-state index in [1.807, 2.05) is 0 Å². The third-order valence-electron chi connectivity index (χ3n) is 2.29. The van der Waals surface area contributed by atoms with Gasteiger partial charge in [0.1, 0.15) is 0 Å². The minimum atomic E-state index is -1.21. The number of hydrogen-bond acceptors (Lipinski definition) is 3. The number of carbonyl (C=O) groups excluding carboxylic acids is 2. The van der Waals surface area contributed by atoms with Crippen molar-refractivity contribution in [1.29, 1.82) is 0 Å². The first-order chi connectivity index (χ1) is 7.07. The number of quaternary nitrogens is 1. The van der Waals surface area contributed by atoms with Gasteiger partial charge in [-0.25, -0.2) is 0 Å². The normalized spacial score (nSPS) is 9.38. The molecule has 0 aromatic carbocycles. The minimum absolute atomic E-state index is 0. The molecule has 16 heavy (non-hydrogen) atoms. The number of unbranched alkanes of at least 4 members (excludes halogenated alkanes) is 4. The van der Waals surface area contributed by atoms with E-state index in [2.05, 4.69) is 6.92 Å². The number of carboxylic acids is 1. The molecular weight excluding hydrogens is 208 g/mol. The van der Waals surface area contributed by atoms with E-state index >= 15 is 0 Å². The largest absolute Gasteiger partial charge is 0.548 e. The highest BCUT2D eigenvalue weighted by molar-refractivity contribution is 5.80. The monoisotopic (exact) mass is 232 g/mol. The molecule has 0 aromatic rings. The fourth-order valence-electron chi connectivity index (χ4n) is 1.35. The Morgan fingerprint density at radius 2 is 1.69 bits per heavy atom. The summed E-state index contributed by atoms with van der Waals surface area (Å²) in [4.78, 5) is 22.8. The van der Waals surface area contributed by atoms with E-state index in [4.69, 9.17) is 0 Å². The quantitative estimate of drug-likeness (QED) is 0.630. The smallest absolute Gasteiger partial charge is 0.222 e. The zero-order valence-electron chi connectivity index (χ0n) is 10.6. The zero-order valence-corrected chi connectivity index (χ0v) is 10.6. The summed E-state index contributed by atoms with van der Waals surface area (Å²) in [5.41, 5.74) is 0. The Morgan fingerprint density at radius 3 is 2.19 bits per heavy atom. The van der Waals surface area contributed by atoms with Crippen molar-refractivity contribution in [3.8, 4) is 0 Å². The van der Waals surface area contributed by atoms with E-state index in [-0.39, 0.29) is 18.6 Å². The molecule has 0 atom stereocenters. The van der Waals surface area contributed by atoms with Gasteiger partial charge in [0.05, 0.1) is 12.5 Å². The molecule has 0 aliphatic heterocycles. The zero-order chi connectivity index (χ0) is 11.7. The second-order valence-electron chi connectivity index (χ2n) is 3.79. The maximum atomic E-state index is 11.3. The van der Waals surface area contributed by atoms with Crippen LogP contribution in [0, 0.1) is 0 Å². The van der Waals surface area contributed by atoms with E-state index < -0.39 is 5.97 Å². The van der Waals surface area contributed by atoms with Gasteiger partial charge in [-0.15, -0.1) is 0 Å². The Labute approximate surface area is 97.4 Å². The van der Waals surface area contributed by atoms with Crippen LogP contribution in [-0.4, -0.2) is 30.4 Å². The van der Waals surface area contributed by atoms with Crippen molar-refractivity contribution in [1.82, 2.24) is 11.1 Å². The van der Waals surface area contributed by atoms with Gasteiger partial charge < -0.3 is 21.0 Å². The molecule has 0 saturated heterocycles. The SMILES string of the molecule is CCCCCCCC(=O)N(C)CC(=O)[O-].[NH4+]. The van der Waals surface area contributed by atoms with Crippen molar-refractivity contribution in [2.75, 3.05) is 13.6 Å². The van der Waals surface area contributed by atoms with Gasteiger partial charge in [0.25, 0.3) is 0 Å². The fraction of sp³-hybridized carbons (Fsp3) is 0.818. The molecule has 5 heteroatoms. The van der Waals surface area contributed by atoms with Gasteiger partial charge in [-0.1, -0.05) is 32.6 Å². The second-order valence-corrected chi connectivity index (χ2v) is 3.79. The number of amides is 1. The summed E-state index contributed by atoms with van der Waals surface area (Å²) in [6, 6.07) is 0. The summed E-state index contributed by atoms with van der Waals surface area (Å²) in [6.45, 7) is 1.83. The minimum Gasteiger partial charge on any atom is -0.548 e. The van der Waals surface area contributed by atoms with E-state index in [1.54, 1.807) is 0 Å². The van der Waals surface area contributed by atoms with Gasteiger partial charge in [-0.2, -0.15) is 0 Å². The number of hydrogen-bond donors (Lipinski definition) is 1. The molecule has 0 saturated carbocycles. The summed E-state index contributed by atoms with van der Waals surface area (Å²) < 4.78 is 0. The number of aliphatic carboxylic acids is 1. The van der Waals surface area contributed by atoms with Crippen LogP contribution in [0.3, 0.4) is 0 Å². The predicted octanol–water partition coefficient (Wildman–Crippen LogP) is 0.931. The molecule has 0 bridgehead atoms. The average molecular weight is 232 g/mol. The molecule has 0 aromatic heterocycles. The van der Waals surface area contributed by atoms with Crippen LogP contribution in [0.2, 0.25) is 0 Å². The van der Waals surface area contributed by atoms with Crippen LogP contribution in [0.4, 0.5) is 0 Å². The Kier molecular flexibility index (Phi) is 11.3. The average Bonchev–Trinajstić information content (AvgIpc) is 2.16. The third kappa shape index (κ3) is 9.45. The summed E-state index contributed by atoms with van der Waals surface area (Å²) in [5, 5.41) is 10.2. The van der Waals surface area contributed by atoms with Crippen LogP contribution in [0.1, 0.15) is 45.4 Å². The first kappa shape index (κ1) is 17.3.